The second kappa shape index (κ2) is 5.04. The van der Waals surface area contributed by atoms with Gasteiger partial charge in [-0.1, -0.05) is 11.6 Å². The van der Waals surface area contributed by atoms with Gasteiger partial charge in [0.2, 0.25) is 0 Å². The topological polar surface area (TPSA) is 54.0 Å². The molecule has 0 saturated carbocycles. The number of hydrogen-bond donors (Lipinski definition) is 2. The lowest BCUT2D eigenvalue weighted by molar-refractivity contribution is 0.0952. The third-order valence-electron chi connectivity index (χ3n) is 2.30. The van der Waals surface area contributed by atoms with Gasteiger partial charge in [-0.2, -0.15) is 0 Å². The SMILES string of the molecule is O=C(NCC1=CCNCC1)c1cscn1. The fourth-order valence-corrected chi connectivity index (χ4v) is 1.97. The van der Waals surface area contributed by atoms with Crippen LogP contribution in [0.4, 0.5) is 0 Å². The van der Waals surface area contributed by atoms with Gasteiger partial charge < -0.3 is 10.6 Å². The van der Waals surface area contributed by atoms with Crippen molar-refractivity contribution in [2.75, 3.05) is 19.6 Å². The number of carbonyl (C=O) groups is 1. The molecule has 15 heavy (non-hydrogen) atoms. The van der Waals surface area contributed by atoms with E-state index in [4.69, 9.17) is 0 Å². The number of nitrogens with one attached hydrogen (secondary N) is 2. The van der Waals surface area contributed by atoms with Crippen LogP contribution in [-0.4, -0.2) is 30.5 Å². The van der Waals surface area contributed by atoms with Gasteiger partial charge in [0.25, 0.3) is 5.91 Å². The van der Waals surface area contributed by atoms with Crippen LogP contribution >= 0.6 is 11.3 Å². The zero-order valence-electron chi connectivity index (χ0n) is 8.32. The molecule has 1 aromatic heterocycles. The molecule has 0 saturated heterocycles. The summed E-state index contributed by atoms with van der Waals surface area (Å²) in [7, 11) is 0. The molecule has 1 amide bonds. The van der Waals surface area contributed by atoms with Crippen LogP contribution in [0.2, 0.25) is 0 Å². The minimum Gasteiger partial charge on any atom is -0.347 e. The second-order valence-corrected chi connectivity index (χ2v) is 4.09. The Bertz CT molecular complexity index is 359. The summed E-state index contributed by atoms with van der Waals surface area (Å²) in [4.78, 5) is 15.5. The molecule has 4 nitrogen and oxygen atoms in total. The summed E-state index contributed by atoms with van der Waals surface area (Å²) >= 11 is 1.43. The van der Waals surface area contributed by atoms with Crippen molar-refractivity contribution in [1.82, 2.24) is 15.6 Å². The number of amides is 1. The number of aromatic nitrogens is 1. The molecule has 0 unspecified atom stereocenters. The van der Waals surface area contributed by atoms with Crippen molar-refractivity contribution in [1.29, 1.82) is 0 Å². The Morgan fingerprint density at radius 1 is 1.67 bits per heavy atom. The molecule has 1 aliphatic rings. The quantitative estimate of drug-likeness (QED) is 0.745. The first-order chi connectivity index (χ1) is 7.36. The van der Waals surface area contributed by atoms with E-state index >= 15 is 0 Å². The van der Waals surface area contributed by atoms with E-state index in [2.05, 4.69) is 21.7 Å². The van der Waals surface area contributed by atoms with Crippen LogP contribution in [0.3, 0.4) is 0 Å². The fourth-order valence-electron chi connectivity index (χ4n) is 1.44. The zero-order valence-corrected chi connectivity index (χ0v) is 9.14. The highest BCUT2D eigenvalue weighted by atomic mass is 32.1. The maximum atomic E-state index is 11.5. The highest BCUT2D eigenvalue weighted by molar-refractivity contribution is 7.07. The van der Waals surface area contributed by atoms with Gasteiger partial charge in [-0.15, -0.1) is 11.3 Å². The van der Waals surface area contributed by atoms with E-state index < -0.39 is 0 Å². The monoisotopic (exact) mass is 223 g/mol. The maximum absolute atomic E-state index is 11.5. The van der Waals surface area contributed by atoms with E-state index in [0.717, 1.165) is 19.5 Å². The van der Waals surface area contributed by atoms with Gasteiger partial charge in [0.1, 0.15) is 5.69 Å². The summed E-state index contributed by atoms with van der Waals surface area (Å²) in [6.07, 6.45) is 3.14. The third-order valence-corrected chi connectivity index (χ3v) is 2.89. The summed E-state index contributed by atoms with van der Waals surface area (Å²) in [6.45, 7) is 2.54. The molecular weight excluding hydrogens is 210 g/mol. The van der Waals surface area contributed by atoms with Gasteiger partial charge in [0.15, 0.2) is 0 Å². The predicted octanol–water partition coefficient (Wildman–Crippen LogP) is 0.793. The number of thiazole rings is 1. The number of nitrogens with zero attached hydrogens (tertiary/aromatic N) is 1. The Labute approximate surface area is 92.4 Å². The molecule has 2 heterocycles. The first-order valence-electron chi connectivity index (χ1n) is 4.91. The van der Waals surface area contributed by atoms with E-state index in [-0.39, 0.29) is 5.91 Å². The van der Waals surface area contributed by atoms with E-state index in [0.29, 0.717) is 12.2 Å². The number of hydrogen-bond acceptors (Lipinski definition) is 4. The molecule has 0 atom stereocenters. The number of carbonyl (C=O) groups excluding carboxylic acids is 1. The van der Waals surface area contributed by atoms with E-state index in [9.17, 15) is 4.79 Å². The van der Waals surface area contributed by atoms with Crippen molar-refractivity contribution in [3.8, 4) is 0 Å². The van der Waals surface area contributed by atoms with Crippen LogP contribution in [0.5, 0.6) is 0 Å². The van der Waals surface area contributed by atoms with Gasteiger partial charge in [-0.25, -0.2) is 4.98 Å². The highest BCUT2D eigenvalue weighted by Gasteiger charge is 2.08. The molecule has 1 aliphatic heterocycles. The van der Waals surface area contributed by atoms with Crippen LogP contribution in [0.1, 0.15) is 16.9 Å². The fraction of sp³-hybridized carbons (Fsp3) is 0.400. The molecule has 80 valence electrons. The normalized spacial score (nSPS) is 15.9. The molecule has 0 spiro atoms. The van der Waals surface area contributed by atoms with Crippen LogP contribution in [0.15, 0.2) is 22.5 Å². The largest absolute Gasteiger partial charge is 0.347 e. The second-order valence-electron chi connectivity index (χ2n) is 3.37. The molecule has 5 heteroatoms. The Morgan fingerprint density at radius 3 is 3.27 bits per heavy atom. The average Bonchev–Trinajstić information content (AvgIpc) is 2.81. The summed E-state index contributed by atoms with van der Waals surface area (Å²) in [6, 6.07) is 0. The van der Waals surface area contributed by atoms with Gasteiger partial charge >= 0.3 is 0 Å². The van der Waals surface area contributed by atoms with Crippen LogP contribution < -0.4 is 10.6 Å². The summed E-state index contributed by atoms with van der Waals surface area (Å²) < 4.78 is 0. The van der Waals surface area contributed by atoms with Crippen LogP contribution in [-0.2, 0) is 0 Å². The standard InChI is InChI=1S/C10H13N3OS/c14-10(9-6-15-7-13-9)12-5-8-1-3-11-4-2-8/h1,6-7,11H,2-5H2,(H,12,14). The minimum absolute atomic E-state index is 0.0873. The molecule has 1 aromatic rings. The molecular formula is C10H13N3OS. The Hall–Kier alpha value is -1.20. The van der Waals surface area contributed by atoms with Crippen LogP contribution in [0.25, 0.3) is 0 Å². The predicted molar refractivity (Wildman–Crippen MR) is 60.0 cm³/mol. The lowest BCUT2D eigenvalue weighted by Crippen LogP contribution is -2.29. The molecule has 2 N–H and O–H groups in total. The smallest absolute Gasteiger partial charge is 0.271 e. The zero-order chi connectivity index (χ0) is 10.5. The Kier molecular flexibility index (Phi) is 3.47. The summed E-state index contributed by atoms with van der Waals surface area (Å²) in [5.41, 5.74) is 3.46. The Balaban J connectivity index is 1.83. The third kappa shape index (κ3) is 2.87. The van der Waals surface area contributed by atoms with Crippen molar-refractivity contribution in [2.24, 2.45) is 0 Å². The van der Waals surface area contributed by atoms with Gasteiger partial charge in [-0.3, -0.25) is 4.79 Å². The average molecular weight is 223 g/mol. The first kappa shape index (κ1) is 10.3. The molecule has 0 aliphatic carbocycles. The van der Waals surface area contributed by atoms with Crippen molar-refractivity contribution in [2.45, 2.75) is 6.42 Å². The van der Waals surface area contributed by atoms with E-state index in [1.54, 1.807) is 10.9 Å². The lowest BCUT2D eigenvalue weighted by Gasteiger charge is -2.14. The van der Waals surface area contributed by atoms with Gasteiger partial charge in [-0.05, 0) is 13.0 Å². The first-order valence-corrected chi connectivity index (χ1v) is 5.85. The van der Waals surface area contributed by atoms with Crippen molar-refractivity contribution in [3.63, 3.8) is 0 Å². The van der Waals surface area contributed by atoms with Crippen LogP contribution in [0, 0.1) is 0 Å². The highest BCUT2D eigenvalue weighted by Crippen LogP contribution is 2.04. The summed E-state index contributed by atoms with van der Waals surface area (Å²) in [5, 5.41) is 7.85. The van der Waals surface area contributed by atoms with Gasteiger partial charge in [0, 0.05) is 18.5 Å². The Morgan fingerprint density at radius 2 is 2.60 bits per heavy atom. The van der Waals surface area contributed by atoms with E-state index in [1.165, 1.54) is 16.9 Å². The maximum Gasteiger partial charge on any atom is 0.271 e. The number of rotatable bonds is 3. The molecule has 0 aromatic carbocycles. The van der Waals surface area contributed by atoms with Crippen molar-refractivity contribution >= 4 is 17.2 Å². The molecule has 0 bridgehead atoms. The molecule has 0 radical (unpaired) electrons. The lowest BCUT2D eigenvalue weighted by atomic mass is 10.1. The van der Waals surface area contributed by atoms with Crippen molar-refractivity contribution in [3.05, 3.63) is 28.2 Å². The molecule has 0 fully saturated rings. The van der Waals surface area contributed by atoms with E-state index in [1.807, 2.05) is 0 Å². The minimum atomic E-state index is -0.0873. The van der Waals surface area contributed by atoms with Crippen molar-refractivity contribution < 1.29 is 4.79 Å². The van der Waals surface area contributed by atoms with Gasteiger partial charge in [0.05, 0.1) is 5.51 Å². The molecule has 2 rings (SSSR count). The summed E-state index contributed by atoms with van der Waals surface area (Å²) in [5.74, 6) is -0.0873.